The number of halogens is 2. The Hall–Kier alpha value is -2.43. The summed E-state index contributed by atoms with van der Waals surface area (Å²) in [4.78, 5) is 21.4. The molecule has 3 fully saturated rings. The van der Waals surface area contributed by atoms with E-state index in [9.17, 15) is 4.79 Å². The van der Waals surface area contributed by atoms with E-state index in [-0.39, 0.29) is 18.2 Å². The molecule has 37 heavy (non-hydrogen) atoms. The number of piperazine rings is 1. The zero-order chi connectivity index (χ0) is 25.9. The predicted molar refractivity (Wildman–Crippen MR) is 143 cm³/mol. The second-order valence-corrected chi connectivity index (χ2v) is 12.5. The van der Waals surface area contributed by atoms with E-state index in [0.717, 1.165) is 40.6 Å². The van der Waals surface area contributed by atoms with E-state index in [2.05, 4.69) is 36.1 Å². The first-order valence-electron chi connectivity index (χ1n) is 12.7. The number of aromatic nitrogens is 4. The number of hydrogen-bond donors (Lipinski definition) is 0. The smallest absolute Gasteiger partial charge is 0.410 e. The quantitative estimate of drug-likeness (QED) is 0.368. The van der Waals surface area contributed by atoms with Crippen molar-refractivity contribution in [3.63, 3.8) is 0 Å². The van der Waals surface area contributed by atoms with Crippen LogP contribution in [-0.2, 0) is 17.8 Å². The SMILES string of the molecule is CC(C)(C)OC(=O)N1C[C@H]2C[C@@H]1CN2Cc1cc(Cl)cnc1Oc1ccc2c(nnn2CC2CC2)c1Br. The van der Waals surface area contributed by atoms with Crippen LogP contribution in [0.1, 0.15) is 45.6 Å². The lowest BCUT2D eigenvalue weighted by molar-refractivity contribution is 0.0123. The Bertz CT molecular complexity index is 1350. The van der Waals surface area contributed by atoms with Gasteiger partial charge >= 0.3 is 6.09 Å². The molecule has 4 heterocycles. The van der Waals surface area contributed by atoms with Crippen LogP contribution in [0.2, 0.25) is 5.02 Å². The molecule has 1 aromatic carbocycles. The average molecular weight is 590 g/mol. The first-order valence-corrected chi connectivity index (χ1v) is 13.9. The molecule has 0 spiro atoms. The van der Waals surface area contributed by atoms with Crippen LogP contribution in [-0.4, -0.2) is 66.6 Å². The van der Waals surface area contributed by atoms with Crippen LogP contribution in [0.15, 0.2) is 28.9 Å². The van der Waals surface area contributed by atoms with Gasteiger partial charge in [-0.25, -0.2) is 14.5 Å². The molecule has 196 valence electrons. The highest BCUT2D eigenvalue weighted by Crippen LogP contribution is 2.39. The molecule has 2 saturated heterocycles. The van der Waals surface area contributed by atoms with Crippen molar-refractivity contribution in [2.24, 2.45) is 5.92 Å². The molecule has 1 saturated carbocycles. The zero-order valence-electron chi connectivity index (χ0n) is 21.2. The molecule has 1 aliphatic carbocycles. The summed E-state index contributed by atoms with van der Waals surface area (Å²) < 4.78 is 14.6. The molecule has 2 bridgehead atoms. The Labute approximate surface area is 229 Å². The summed E-state index contributed by atoms with van der Waals surface area (Å²) in [5, 5.41) is 9.29. The van der Waals surface area contributed by atoms with Crippen molar-refractivity contribution >= 4 is 44.7 Å². The number of hydrogen-bond acceptors (Lipinski definition) is 7. The molecule has 9 nitrogen and oxygen atoms in total. The Morgan fingerprint density at radius 3 is 2.73 bits per heavy atom. The molecule has 2 aromatic heterocycles. The normalized spacial score (nSPS) is 21.7. The van der Waals surface area contributed by atoms with Crippen molar-refractivity contribution in [2.75, 3.05) is 13.1 Å². The minimum atomic E-state index is -0.500. The minimum Gasteiger partial charge on any atom is -0.444 e. The number of pyridine rings is 1. The number of amides is 1. The van der Waals surface area contributed by atoms with Gasteiger partial charge in [0, 0.05) is 50.0 Å². The second kappa shape index (κ2) is 9.39. The van der Waals surface area contributed by atoms with E-state index < -0.39 is 5.60 Å². The van der Waals surface area contributed by atoms with Gasteiger partial charge in [0.05, 0.1) is 15.0 Å². The number of carbonyl (C=O) groups excluding carboxylic acids is 1. The van der Waals surface area contributed by atoms with Crippen LogP contribution in [0.4, 0.5) is 4.79 Å². The maximum Gasteiger partial charge on any atom is 0.410 e. The van der Waals surface area contributed by atoms with Crippen LogP contribution >= 0.6 is 27.5 Å². The van der Waals surface area contributed by atoms with Gasteiger partial charge in [0.2, 0.25) is 5.88 Å². The fraction of sp³-hybridized carbons (Fsp3) is 0.538. The first-order chi connectivity index (χ1) is 17.6. The summed E-state index contributed by atoms with van der Waals surface area (Å²) in [6, 6.07) is 6.23. The summed E-state index contributed by atoms with van der Waals surface area (Å²) in [5.74, 6) is 1.83. The predicted octanol–water partition coefficient (Wildman–Crippen LogP) is 5.64. The zero-order valence-corrected chi connectivity index (χ0v) is 23.5. The fourth-order valence-corrected chi connectivity index (χ4v) is 5.90. The largest absolute Gasteiger partial charge is 0.444 e. The van der Waals surface area contributed by atoms with E-state index in [1.54, 1.807) is 6.20 Å². The number of rotatable bonds is 6. The Morgan fingerprint density at radius 1 is 1.22 bits per heavy atom. The lowest BCUT2D eigenvalue weighted by Gasteiger charge is -2.35. The minimum absolute atomic E-state index is 0.145. The molecular formula is C26H30BrClN6O3. The third kappa shape index (κ3) is 5.15. The molecule has 6 rings (SSSR count). The molecule has 3 aromatic rings. The average Bonchev–Trinajstić information content (AvgIpc) is 3.21. The summed E-state index contributed by atoms with van der Waals surface area (Å²) >= 11 is 10.0. The van der Waals surface area contributed by atoms with Crippen molar-refractivity contribution in [2.45, 2.75) is 70.8 Å². The highest BCUT2D eigenvalue weighted by molar-refractivity contribution is 9.10. The van der Waals surface area contributed by atoms with Gasteiger partial charge in [0.1, 0.15) is 16.9 Å². The third-order valence-electron chi connectivity index (χ3n) is 7.17. The van der Waals surface area contributed by atoms with E-state index >= 15 is 0 Å². The molecule has 3 aliphatic rings. The van der Waals surface area contributed by atoms with Crippen molar-refractivity contribution in [3.8, 4) is 11.6 Å². The Balaban J connectivity index is 1.18. The van der Waals surface area contributed by atoms with Gasteiger partial charge in [0.15, 0.2) is 0 Å². The third-order valence-corrected chi connectivity index (χ3v) is 8.15. The summed E-state index contributed by atoms with van der Waals surface area (Å²) in [5.41, 5.74) is 2.15. The van der Waals surface area contributed by atoms with Crippen molar-refractivity contribution in [3.05, 3.63) is 39.5 Å². The van der Waals surface area contributed by atoms with Crippen molar-refractivity contribution in [1.82, 2.24) is 29.8 Å². The van der Waals surface area contributed by atoms with Gasteiger partial charge in [-0.2, -0.15) is 0 Å². The second-order valence-electron chi connectivity index (χ2n) is 11.3. The van der Waals surface area contributed by atoms with Gasteiger partial charge in [-0.3, -0.25) is 4.90 Å². The molecule has 1 amide bonds. The molecule has 2 atom stereocenters. The molecule has 0 unspecified atom stereocenters. The summed E-state index contributed by atoms with van der Waals surface area (Å²) in [7, 11) is 0. The Morgan fingerprint density at radius 2 is 2.03 bits per heavy atom. The molecular weight excluding hydrogens is 560 g/mol. The van der Waals surface area contributed by atoms with Gasteiger partial charge in [-0.05, 0) is 80.1 Å². The highest BCUT2D eigenvalue weighted by atomic mass is 79.9. The Kier molecular flexibility index (Phi) is 6.32. The van der Waals surface area contributed by atoms with Crippen molar-refractivity contribution < 1.29 is 14.3 Å². The van der Waals surface area contributed by atoms with Gasteiger partial charge in [-0.1, -0.05) is 16.8 Å². The van der Waals surface area contributed by atoms with Crippen LogP contribution in [0.5, 0.6) is 11.6 Å². The van der Waals surface area contributed by atoms with Crippen LogP contribution in [0, 0.1) is 5.92 Å². The maximum atomic E-state index is 12.6. The topological polar surface area (TPSA) is 85.6 Å². The summed E-state index contributed by atoms with van der Waals surface area (Å²) in [6.07, 6.45) is 4.81. The van der Waals surface area contributed by atoms with E-state index in [0.29, 0.717) is 35.7 Å². The van der Waals surface area contributed by atoms with Crippen molar-refractivity contribution in [1.29, 1.82) is 0 Å². The van der Waals surface area contributed by atoms with Crippen LogP contribution < -0.4 is 4.74 Å². The lowest BCUT2D eigenvalue weighted by Crippen LogP contribution is -2.49. The standard InChI is InChI=1S/C26H30BrClN6O3/c1-26(2,3)37-25(35)33-14-18-9-19(33)13-32(18)12-16-8-17(28)10-29-24(16)36-21-7-6-20-23(22(21)27)30-31-34(20)11-15-4-5-15/h6-8,10,15,18-19H,4-5,9,11-14H2,1-3H3/t18-,19-/m1/s1. The van der Waals surface area contributed by atoms with Gasteiger partial charge in [0.25, 0.3) is 0 Å². The highest BCUT2D eigenvalue weighted by Gasteiger charge is 2.46. The molecule has 2 aliphatic heterocycles. The molecule has 0 radical (unpaired) electrons. The van der Waals surface area contributed by atoms with Crippen LogP contribution in [0.3, 0.4) is 0 Å². The van der Waals surface area contributed by atoms with E-state index in [1.807, 2.05) is 48.6 Å². The lowest BCUT2D eigenvalue weighted by atomic mass is 10.2. The summed E-state index contributed by atoms with van der Waals surface area (Å²) in [6.45, 7) is 8.64. The number of likely N-dealkylation sites (tertiary alicyclic amines) is 2. The number of ether oxygens (including phenoxy) is 2. The number of fused-ring (bicyclic) bond motifs is 3. The van der Waals surface area contributed by atoms with Crippen LogP contribution in [0.25, 0.3) is 11.0 Å². The first kappa shape index (κ1) is 24.9. The number of carbonyl (C=O) groups is 1. The number of benzene rings is 1. The molecule has 0 N–H and O–H groups in total. The van der Waals surface area contributed by atoms with Gasteiger partial charge in [-0.15, -0.1) is 5.10 Å². The monoisotopic (exact) mass is 588 g/mol. The molecule has 11 heteroatoms. The number of nitrogens with zero attached hydrogens (tertiary/aromatic N) is 6. The van der Waals surface area contributed by atoms with E-state index in [4.69, 9.17) is 21.1 Å². The van der Waals surface area contributed by atoms with Gasteiger partial charge < -0.3 is 14.4 Å². The maximum absolute atomic E-state index is 12.6. The fourth-order valence-electron chi connectivity index (χ4n) is 5.23. The van der Waals surface area contributed by atoms with E-state index in [1.165, 1.54) is 12.8 Å².